The van der Waals surface area contributed by atoms with Crippen molar-refractivity contribution in [1.29, 1.82) is 0 Å². The molecule has 0 aliphatic heterocycles. The minimum atomic E-state index is -2.33. The van der Waals surface area contributed by atoms with E-state index in [1.165, 1.54) is 32.8 Å². The van der Waals surface area contributed by atoms with E-state index in [9.17, 15) is 4.39 Å². The topological polar surface area (TPSA) is 56.7 Å². The summed E-state index contributed by atoms with van der Waals surface area (Å²) in [6, 6.07) is 40.2. The molecule has 0 fully saturated rings. The molecule has 0 unspecified atom stereocenters. The smallest absolute Gasteiger partial charge is 0.216 e. The van der Waals surface area contributed by atoms with Crippen molar-refractivity contribution in [2.75, 3.05) is 0 Å². The molecule has 0 bridgehead atoms. The minimum absolute atomic E-state index is 0. The van der Waals surface area contributed by atoms with Crippen LogP contribution in [-0.4, -0.2) is 32.8 Å². The van der Waals surface area contributed by atoms with E-state index in [0.29, 0.717) is 28.2 Å². The molecule has 0 N–H and O–H groups in total. The summed E-state index contributed by atoms with van der Waals surface area (Å²) in [5.74, 6) is 7.49. The van der Waals surface area contributed by atoms with E-state index in [-0.39, 0.29) is 48.5 Å². The van der Waals surface area contributed by atoms with Crippen molar-refractivity contribution in [3.63, 3.8) is 0 Å². The third-order valence-electron chi connectivity index (χ3n) is 11.5. The van der Waals surface area contributed by atoms with Gasteiger partial charge in [0.1, 0.15) is 0 Å². The average molecular weight is 1090 g/mol. The Labute approximate surface area is 402 Å². The number of imidazole rings is 1. The number of hydrogen-bond donors (Lipinski definition) is 0. The quantitative estimate of drug-likeness (QED) is 0.118. The van der Waals surface area contributed by atoms with Crippen molar-refractivity contribution in [2.24, 2.45) is 0 Å². The number of para-hydroxylation sites is 2. The molecule has 329 valence electrons. The number of nitrogens with zero attached hydrogens (tertiary/aromatic N) is 4. The van der Waals surface area contributed by atoms with Crippen molar-refractivity contribution in [3.8, 4) is 39.6 Å². The maximum Gasteiger partial charge on any atom is 0.216 e. The molecule has 5 nitrogen and oxygen atoms in total. The molecule has 9 aromatic rings. The molecule has 4 aromatic heterocycles. The third-order valence-corrected chi connectivity index (χ3v) is 15.8. The minimum Gasteiger partial charge on any atom is -0.486 e. The summed E-state index contributed by atoms with van der Waals surface area (Å²) in [5, 5.41) is 1.83. The number of aromatic nitrogens is 4. The van der Waals surface area contributed by atoms with Crippen LogP contribution in [0.3, 0.4) is 0 Å². The van der Waals surface area contributed by atoms with Gasteiger partial charge in [-0.1, -0.05) is 114 Å². The second-order valence-electron chi connectivity index (χ2n) is 18.9. The molecule has 64 heavy (non-hydrogen) atoms. The molecule has 0 saturated heterocycles. The number of benzene rings is 5. The van der Waals surface area contributed by atoms with Gasteiger partial charge in [0.15, 0.2) is 0 Å². The summed E-state index contributed by atoms with van der Waals surface area (Å²) in [4.78, 5) is 14.4. The van der Waals surface area contributed by atoms with Crippen LogP contribution in [0.1, 0.15) is 96.3 Å². The van der Waals surface area contributed by atoms with E-state index in [2.05, 4.69) is 118 Å². The van der Waals surface area contributed by atoms with Crippen molar-refractivity contribution < 1.29 is 37.1 Å². The molecule has 8 heteroatoms. The van der Waals surface area contributed by atoms with Crippen LogP contribution in [0.25, 0.3) is 72.7 Å². The van der Waals surface area contributed by atoms with E-state index >= 15 is 0 Å². The molecule has 0 aliphatic carbocycles. The zero-order valence-electron chi connectivity index (χ0n) is 44.0. The molecule has 0 aliphatic rings. The Kier molecular flexibility index (Phi) is 11.2. The van der Waals surface area contributed by atoms with Gasteiger partial charge in [-0.25, -0.2) is 4.98 Å². The van der Waals surface area contributed by atoms with Gasteiger partial charge >= 0.3 is 114 Å². The number of fused-ring (bicyclic) bond motifs is 4. The predicted molar refractivity (Wildman–Crippen MR) is 264 cm³/mol. The SMILES string of the molecule is [2H]C([2H])([2H])c1c[c-]c(-c2cc[c]([Ge]([CH3])([CH3])[CH3])cn2)c(F)c1.[2H]C([2H])([2H])c1ccc(-c2ccc3c(n2)oc2c(-c4nc5ccccc5n4-c4c(C(C)C)cc(C(C)(C)C)cc4C(C)C)[c-]ccc23)cc1.[Ir]. The van der Waals surface area contributed by atoms with E-state index in [1.807, 2.05) is 36.4 Å². The fourth-order valence-corrected chi connectivity index (χ4v) is 10.1. The first-order valence-corrected chi connectivity index (χ1v) is 28.9. The summed E-state index contributed by atoms with van der Waals surface area (Å²) in [6.07, 6.45) is 1.79. The van der Waals surface area contributed by atoms with E-state index in [1.54, 1.807) is 36.5 Å². The Morgan fingerprint density at radius 2 is 1.44 bits per heavy atom. The molecule has 0 spiro atoms. The van der Waals surface area contributed by atoms with Gasteiger partial charge in [0.05, 0.1) is 28.1 Å². The number of pyridine rings is 2. The Morgan fingerprint density at radius 1 is 0.750 bits per heavy atom. The van der Waals surface area contributed by atoms with Gasteiger partial charge in [0, 0.05) is 40.9 Å². The van der Waals surface area contributed by atoms with Gasteiger partial charge in [-0.2, -0.15) is 0 Å². The maximum absolute atomic E-state index is 14.1. The number of halogens is 1. The van der Waals surface area contributed by atoms with Gasteiger partial charge in [-0.05, 0) is 65.1 Å². The second kappa shape index (κ2) is 18.3. The molecule has 5 aromatic carbocycles. The van der Waals surface area contributed by atoms with Crippen LogP contribution in [0.15, 0.2) is 120 Å². The summed E-state index contributed by atoms with van der Waals surface area (Å²) in [7, 11) is 0. The van der Waals surface area contributed by atoms with Crippen LogP contribution in [0.4, 0.5) is 4.39 Å². The number of furan rings is 1. The van der Waals surface area contributed by atoms with Crippen LogP contribution in [0.2, 0.25) is 17.3 Å². The van der Waals surface area contributed by atoms with E-state index in [0.717, 1.165) is 44.8 Å². The number of aryl methyl sites for hydroxylation is 2. The standard InChI is InChI=1S/C41H40N3O.C15H17FGeN.Ir/c1-24(2)32-22-28(41(6,7)8)23-33(25(3)4)37(32)44-36-15-10-9-14-35(36)42-39(44)31-13-11-12-29-30-20-21-34(43-40(30)45-38(29)31)27-18-16-26(5)17-19-27;1-11-5-7-13(14(16)9-11)15-8-6-12(10-18-15)17(2,3)4;/h9-12,14-25H,1-8H3;5-6,8-10H,1-4H3;/q2*-1;/i5D3;1D3;. The number of rotatable bonds is 7. The molecule has 0 saturated carbocycles. The van der Waals surface area contributed by atoms with Gasteiger partial charge in [-0.3, -0.25) is 4.98 Å². The van der Waals surface area contributed by atoms with Crippen LogP contribution in [-0.2, 0) is 25.5 Å². The summed E-state index contributed by atoms with van der Waals surface area (Å²) < 4.78 is 69.2. The first-order chi connectivity index (χ1) is 32.3. The van der Waals surface area contributed by atoms with Gasteiger partial charge in [0.2, 0.25) is 5.71 Å². The largest absolute Gasteiger partial charge is 0.486 e. The van der Waals surface area contributed by atoms with Gasteiger partial charge in [0.25, 0.3) is 0 Å². The van der Waals surface area contributed by atoms with Crippen molar-refractivity contribution in [2.45, 2.75) is 96.7 Å². The van der Waals surface area contributed by atoms with Crippen LogP contribution in [0.5, 0.6) is 0 Å². The van der Waals surface area contributed by atoms with Crippen LogP contribution >= 0.6 is 0 Å². The molecule has 0 atom stereocenters. The van der Waals surface area contributed by atoms with Gasteiger partial charge < -0.3 is 8.98 Å². The average Bonchev–Trinajstić information content (AvgIpc) is 3.86. The Hall–Kier alpha value is -5.21. The van der Waals surface area contributed by atoms with Crippen LogP contribution in [0, 0.1) is 31.7 Å². The Balaban J connectivity index is 0.000000276. The third kappa shape index (κ3) is 9.31. The first kappa shape index (κ1) is 39.2. The van der Waals surface area contributed by atoms with Crippen LogP contribution < -0.4 is 4.40 Å². The Bertz CT molecular complexity index is 3320. The Morgan fingerprint density at radius 3 is 2.05 bits per heavy atom. The summed E-state index contributed by atoms with van der Waals surface area (Å²) in [6.45, 7) is 11.4. The zero-order chi connectivity index (χ0) is 50.0. The number of hydrogen-bond acceptors (Lipinski definition) is 4. The maximum atomic E-state index is 14.1. The fourth-order valence-electron chi connectivity index (χ4n) is 7.91. The van der Waals surface area contributed by atoms with E-state index in [4.69, 9.17) is 22.6 Å². The normalized spacial score (nSPS) is 13.8. The van der Waals surface area contributed by atoms with Gasteiger partial charge in [-0.15, -0.1) is 18.2 Å². The molecule has 0 amide bonds. The predicted octanol–water partition coefficient (Wildman–Crippen LogP) is 14.8. The summed E-state index contributed by atoms with van der Waals surface area (Å²) in [5.41, 5.74) is 11.4. The van der Waals surface area contributed by atoms with Crippen molar-refractivity contribution in [3.05, 3.63) is 161 Å². The van der Waals surface area contributed by atoms with Crippen molar-refractivity contribution >= 4 is 50.8 Å². The molecule has 9 rings (SSSR count). The second-order valence-corrected chi connectivity index (χ2v) is 29.6. The molecular formula is C56H57FGeIrN4O-2. The fraction of sp³-hybridized carbons (Fsp3) is 0.268. The monoisotopic (exact) mass is 1090 g/mol. The summed E-state index contributed by atoms with van der Waals surface area (Å²) >= 11 is -1.94. The zero-order valence-corrected chi connectivity index (χ0v) is 42.5. The molecular weight excluding hydrogens is 1030 g/mol. The molecule has 4 heterocycles. The van der Waals surface area contributed by atoms with Crippen molar-refractivity contribution in [1.82, 2.24) is 19.5 Å². The molecule has 1 radical (unpaired) electrons. The first-order valence-electron chi connectivity index (χ1n) is 24.5. The van der Waals surface area contributed by atoms with E-state index < -0.39 is 32.8 Å².